The number of nitrogens with one attached hydrogen (secondary N) is 1. The zero-order valence-electron chi connectivity index (χ0n) is 16.3. The fourth-order valence-corrected chi connectivity index (χ4v) is 4.20. The van der Waals surface area contributed by atoms with Gasteiger partial charge in [-0.3, -0.25) is 0 Å². The van der Waals surface area contributed by atoms with Gasteiger partial charge in [0.1, 0.15) is 11.2 Å². The highest BCUT2D eigenvalue weighted by Crippen LogP contribution is 2.39. The third-order valence-corrected chi connectivity index (χ3v) is 5.60. The standard InChI is InChI=1S/C28H19NO/c1-2-11-22(12-3-1)29-23-13-6-10-21(16-23)24-14-7-15-26-28(24)25-17-19-8-4-5-9-20(19)18-27(25)30-26/h1-18,29H. The molecule has 0 radical (unpaired) electrons. The fraction of sp³-hybridized carbons (Fsp3) is 0. The van der Waals surface area contributed by atoms with Gasteiger partial charge in [0, 0.05) is 22.1 Å². The number of para-hydroxylation sites is 1. The van der Waals surface area contributed by atoms with Crippen LogP contribution in [0.5, 0.6) is 0 Å². The topological polar surface area (TPSA) is 25.2 Å². The summed E-state index contributed by atoms with van der Waals surface area (Å²) in [5.74, 6) is 0. The van der Waals surface area contributed by atoms with Crippen molar-refractivity contribution in [2.24, 2.45) is 0 Å². The van der Waals surface area contributed by atoms with Gasteiger partial charge in [-0.25, -0.2) is 0 Å². The van der Waals surface area contributed by atoms with Crippen molar-refractivity contribution < 1.29 is 4.42 Å². The molecule has 0 bridgehead atoms. The average molecular weight is 385 g/mol. The molecule has 30 heavy (non-hydrogen) atoms. The molecule has 2 nitrogen and oxygen atoms in total. The maximum absolute atomic E-state index is 6.23. The Labute approximate surface area is 174 Å². The average Bonchev–Trinajstić information content (AvgIpc) is 3.16. The summed E-state index contributed by atoms with van der Waals surface area (Å²) in [5, 5.41) is 8.23. The van der Waals surface area contributed by atoms with E-state index in [1.54, 1.807) is 0 Å². The minimum atomic E-state index is 0.916. The smallest absolute Gasteiger partial charge is 0.136 e. The van der Waals surface area contributed by atoms with E-state index >= 15 is 0 Å². The monoisotopic (exact) mass is 385 g/mol. The Kier molecular flexibility index (Phi) is 3.82. The van der Waals surface area contributed by atoms with Crippen LogP contribution in [-0.2, 0) is 0 Å². The molecule has 0 aliphatic carbocycles. The molecule has 0 atom stereocenters. The molecule has 0 unspecified atom stereocenters. The summed E-state index contributed by atoms with van der Waals surface area (Å²) in [4.78, 5) is 0. The van der Waals surface area contributed by atoms with E-state index in [9.17, 15) is 0 Å². The lowest BCUT2D eigenvalue weighted by Gasteiger charge is -2.09. The SMILES string of the molecule is c1ccc(Nc2cccc(-c3cccc4oc5cc6ccccc6cc5c34)c2)cc1. The molecule has 0 aliphatic heterocycles. The Hall–Kier alpha value is -4.04. The number of benzene rings is 5. The molecular weight excluding hydrogens is 366 g/mol. The van der Waals surface area contributed by atoms with Crippen LogP contribution in [-0.4, -0.2) is 0 Å². The minimum Gasteiger partial charge on any atom is -0.456 e. The van der Waals surface area contributed by atoms with Gasteiger partial charge >= 0.3 is 0 Å². The number of furan rings is 1. The highest BCUT2D eigenvalue weighted by Gasteiger charge is 2.13. The first-order valence-electron chi connectivity index (χ1n) is 10.1. The van der Waals surface area contributed by atoms with Crippen molar-refractivity contribution in [1.82, 2.24) is 0 Å². The Morgan fingerprint density at radius 3 is 2.13 bits per heavy atom. The fourth-order valence-electron chi connectivity index (χ4n) is 4.20. The maximum Gasteiger partial charge on any atom is 0.136 e. The summed E-state index contributed by atoms with van der Waals surface area (Å²) in [5.41, 5.74) is 6.33. The molecule has 1 aromatic heterocycles. The van der Waals surface area contributed by atoms with Crippen LogP contribution in [0, 0.1) is 0 Å². The Morgan fingerprint density at radius 1 is 0.533 bits per heavy atom. The second-order valence-corrected chi connectivity index (χ2v) is 7.55. The van der Waals surface area contributed by atoms with Gasteiger partial charge in [0.05, 0.1) is 0 Å². The van der Waals surface area contributed by atoms with E-state index in [0.29, 0.717) is 0 Å². The van der Waals surface area contributed by atoms with Gasteiger partial charge < -0.3 is 9.73 Å². The first-order chi connectivity index (χ1) is 14.8. The van der Waals surface area contributed by atoms with Gasteiger partial charge in [0.25, 0.3) is 0 Å². The van der Waals surface area contributed by atoms with Crippen LogP contribution in [0.1, 0.15) is 0 Å². The highest BCUT2D eigenvalue weighted by atomic mass is 16.3. The van der Waals surface area contributed by atoms with E-state index in [1.165, 1.54) is 16.3 Å². The van der Waals surface area contributed by atoms with Gasteiger partial charge in [-0.1, -0.05) is 66.7 Å². The number of rotatable bonds is 3. The van der Waals surface area contributed by atoms with E-state index in [1.807, 2.05) is 18.2 Å². The summed E-state index contributed by atoms with van der Waals surface area (Å²) < 4.78 is 6.23. The molecule has 6 aromatic rings. The van der Waals surface area contributed by atoms with Gasteiger partial charge in [0.2, 0.25) is 0 Å². The lowest BCUT2D eigenvalue weighted by molar-refractivity contribution is 0.669. The molecule has 2 heteroatoms. The molecule has 0 aliphatic rings. The van der Waals surface area contributed by atoms with Crippen molar-refractivity contribution in [2.45, 2.75) is 0 Å². The second-order valence-electron chi connectivity index (χ2n) is 7.55. The number of fused-ring (bicyclic) bond motifs is 4. The number of anilines is 2. The van der Waals surface area contributed by atoms with Crippen molar-refractivity contribution in [1.29, 1.82) is 0 Å². The van der Waals surface area contributed by atoms with Crippen LogP contribution in [0.15, 0.2) is 114 Å². The molecule has 0 fully saturated rings. The second kappa shape index (κ2) is 6.78. The van der Waals surface area contributed by atoms with Gasteiger partial charge in [-0.15, -0.1) is 0 Å². The Morgan fingerprint density at radius 2 is 1.27 bits per heavy atom. The number of hydrogen-bond donors (Lipinski definition) is 1. The molecule has 0 saturated heterocycles. The molecule has 0 spiro atoms. The van der Waals surface area contributed by atoms with Gasteiger partial charge in [-0.2, -0.15) is 0 Å². The van der Waals surface area contributed by atoms with Crippen LogP contribution in [0.3, 0.4) is 0 Å². The number of hydrogen-bond acceptors (Lipinski definition) is 2. The Bertz CT molecular complexity index is 1510. The third kappa shape index (κ3) is 2.82. The van der Waals surface area contributed by atoms with Gasteiger partial charge in [-0.05, 0) is 64.4 Å². The van der Waals surface area contributed by atoms with E-state index in [0.717, 1.165) is 38.9 Å². The zero-order valence-corrected chi connectivity index (χ0v) is 16.3. The molecular formula is C28H19NO. The molecule has 5 aromatic carbocycles. The largest absolute Gasteiger partial charge is 0.456 e. The maximum atomic E-state index is 6.23. The zero-order chi connectivity index (χ0) is 19.9. The highest BCUT2D eigenvalue weighted by molar-refractivity contribution is 6.15. The van der Waals surface area contributed by atoms with E-state index in [-0.39, 0.29) is 0 Å². The summed E-state index contributed by atoms with van der Waals surface area (Å²) in [6.07, 6.45) is 0. The molecule has 6 rings (SSSR count). The summed E-state index contributed by atoms with van der Waals surface area (Å²) in [6, 6.07) is 37.9. The summed E-state index contributed by atoms with van der Waals surface area (Å²) in [7, 11) is 0. The quantitative estimate of drug-likeness (QED) is 0.332. The van der Waals surface area contributed by atoms with E-state index < -0.39 is 0 Å². The minimum absolute atomic E-state index is 0.916. The van der Waals surface area contributed by atoms with Crippen LogP contribution in [0.25, 0.3) is 43.8 Å². The molecule has 1 N–H and O–H groups in total. The summed E-state index contributed by atoms with van der Waals surface area (Å²) in [6.45, 7) is 0. The predicted molar refractivity (Wildman–Crippen MR) is 126 cm³/mol. The molecule has 1 heterocycles. The lowest BCUT2D eigenvalue weighted by Crippen LogP contribution is -1.90. The van der Waals surface area contributed by atoms with Gasteiger partial charge in [0.15, 0.2) is 0 Å². The van der Waals surface area contributed by atoms with Crippen molar-refractivity contribution >= 4 is 44.1 Å². The van der Waals surface area contributed by atoms with E-state index in [2.05, 4.69) is 96.3 Å². The van der Waals surface area contributed by atoms with Crippen LogP contribution in [0.4, 0.5) is 11.4 Å². The van der Waals surface area contributed by atoms with Crippen molar-refractivity contribution in [3.63, 3.8) is 0 Å². The normalized spacial score (nSPS) is 11.3. The molecule has 142 valence electrons. The van der Waals surface area contributed by atoms with Crippen LogP contribution in [0.2, 0.25) is 0 Å². The van der Waals surface area contributed by atoms with Crippen molar-refractivity contribution in [2.75, 3.05) is 5.32 Å². The lowest BCUT2D eigenvalue weighted by atomic mass is 9.98. The Balaban J connectivity index is 1.54. The van der Waals surface area contributed by atoms with Crippen LogP contribution >= 0.6 is 0 Å². The van der Waals surface area contributed by atoms with Crippen molar-refractivity contribution in [3.05, 3.63) is 109 Å². The third-order valence-electron chi connectivity index (χ3n) is 5.60. The summed E-state index contributed by atoms with van der Waals surface area (Å²) >= 11 is 0. The molecule has 0 amide bonds. The molecule has 0 saturated carbocycles. The first kappa shape index (κ1) is 16.9. The predicted octanol–water partition coefficient (Wildman–Crippen LogP) is 8.15. The van der Waals surface area contributed by atoms with E-state index in [4.69, 9.17) is 4.42 Å². The van der Waals surface area contributed by atoms with Crippen LogP contribution < -0.4 is 5.32 Å². The van der Waals surface area contributed by atoms with Crippen molar-refractivity contribution in [3.8, 4) is 11.1 Å². The first-order valence-corrected chi connectivity index (χ1v) is 10.1.